The highest BCUT2D eigenvalue weighted by Crippen LogP contribution is 2.30. The number of nitrogens with zero attached hydrogens (tertiary/aromatic N) is 1. The second-order valence-electron chi connectivity index (χ2n) is 7.30. The van der Waals surface area contributed by atoms with Crippen LogP contribution in [-0.2, 0) is 21.2 Å². The quantitative estimate of drug-likeness (QED) is 0.725. The normalized spacial score (nSPS) is 22.9. The van der Waals surface area contributed by atoms with E-state index in [1.165, 1.54) is 6.07 Å². The molecule has 0 aromatic heterocycles. The van der Waals surface area contributed by atoms with Crippen molar-refractivity contribution in [2.24, 2.45) is 4.99 Å². The molecule has 28 heavy (non-hydrogen) atoms. The van der Waals surface area contributed by atoms with Crippen LogP contribution in [0.3, 0.4) is 0 Å². The summed E-state index contributed by atoms with van der Waals surface area (Å²) >= 11 is 3.37. The van der Waals surface area contributed by atoms with Gasteiger partial charge in [0.1, 0.15) is 16.7 Å². The molecule has 3 rings (SSSR count). The highest BCUT2D eigenvalue weighted by molar-refractivity contribution is 9.10. The van der Waals surface area contributed by atoms with Crippen molar-refractivity contribution in [3.63, 3.8) is 0 Å². The fourth-order valence-electron chi connectivity index (χ4n) is 3.20. The zero-order valence-electron chi connectivity index (χ0n) is 15.8. The minimum absolute atomic E-state index is 0.118. The first-order chi connectivity index (χ1) is 13.1. The average Bonchev–Trinajstić information content (AvgIpc) is 2.59. The molecule has 0 radical (unpaired) electrons. The van der Waals surface area contributed by atoms with Gasteiger partial charge >= 0.3 is 0 Å². The largest absolute Gasteiger partial charge is 0.457 e. The van der Waals surface area contributed by atoms with Crippen LogP contribution in [0.4, 0.5) is 4.39 Å². The predicted molar refractivity (Wildman–Crippen MR) is 111 cm³/mol. The minimum Gasteiger partial charge on any atom is -0.457 e. The van der Waals surface area contributed by atoms with E-state index in [0.29, 0.717) is 12.0 Å². The van der Waals surface area contributed by atoms with Crippen molar-refractivity contribution < 1.29 is 17.5 Å². The number of rotatable bonds is 4. The highest BCUT2D eigenvalue weighted by atomic mass is 79.9. The molecular weight excluding hydrogens is 447 g/mol. The van der Waals surface area contributed by atoms with Gasteiger partial charge in [0.2, 0.25) is 10.0 Å². The van der Waals surface area contributed by atoms with Crippen molar-refractivity contribution in [2.45, 2.75) is 44.1 Å². The van der Waals surface area contributed by atoms with Crippen molar-refractivity contribution in [2.75, 3.05) is 0 Å². The SMILES string of the molecule is CC(N=C1NS(=O)(=O)C(Cc2ccc(Br)cc2)C(C)(C)O1)c1ccccc1F. The first-order valence-electron chi connectivity index (χ1n) is 8.86. The standard InChI is InChI=1S/C20H22BrFN2O3S/c1-13(16-6-4-5-7-17(16)22)23-19-24-28(25,26)18(20(2,3)27-19)12-14-8-10-15(21)11-9-14/h4-11,13,18H,12H2,1-3H3,(H,23,24). The van der Waals surface area contributed by atoms with Gasteiger partial charge in [-0.05, 0) is 51.0 Å². The maximum atomic E-state index is 14.0. The van der Waals surface area contributed by atoms with Crippen molar-refractivity contribution in [1.82, 2.24) is 4.72 Å². The van der Waals surface area contributed by atoms with Crippen LogP contribution in [0.1, 0.15) is 37.9 Å². The third kappa shape index (κ3) is 4.55. The number of nitrogens with one attached hydrogen (secondary N) is 1. The van der Waals surface area contributed by atoms with E-state index in [1.54, 1.807) is 39.0 Å². The van der Waals surface area contributed by atoms with Crippen molar-refractivity contribution in [3.05, 3.63) is 69.9 Å². The van der Waals surface area contributed by atoms with Crippen molar-refractivity contribution in [1.29, 1.82) is 0 Å². The molecule has 0 spiro atoms. The zero-order valence-corrected chi connectivity index (χ0v) is 18.2. The van der Waals surface area contributed by atoms with Gasteiger partial charge in [-0.1, -0.05) is 46.3 Å². The Bertz CT molecular complexity index is 991. The van der Waals surface area contributed by atoms with Gasteiger partial charge in [0.15, 0.2) is 0 Å². The molecule has 1 aliphatic rings. The van der Waals surface area contributed by atoms with Gasteiger partial charge < -0.3 is 4.74 Å². The highest BCUT2D eigenvalue weighted by Gasteiger charge is 2.47. The lowest BCUT2D eigenvalue weighted by molar-refractivity contribution is 0.0762. The van der Waals surface area contributed by atoms with Crippen LogP contribution in [-0.4, -0.2) is 25.3 Å². The molecule has 1 saturated heterocycles. The van der Waals surface area contributed by atoms with Crippen LogP contribution in [0.25, 0.3) is 0 Å². The van der Waals surface area contributed by atoms with Crippen LogP contribution in [0.15, 0.2) is 58.0 Å². The lowest BCUT2D eigenvalue weighted by Gasteiger charge is -2.39. The van der Waals surface area contributed by atoms with Crippen molar-refractivity contribution >= 4 is 32.0 Å². The number of ether oxygens (including phenoxy) is 1. The number of benzene rings is 2. The second kappa shape index (κ2) is 7.83. The summed E-state index contributed by atoms with van der Waals surface area (Å²) in [4.78, 5) is 4.27. The zero-order chi connectivity index (χ0) is 20.5. The number of aliphatic imine (C=N–C) groups is 1. The molecule has 2 unspecified atom stereocenters. The lowest BCUT2D eigenvalue weighted by Crippen LogP contribution is -2.59. The van der Waals surface area contributed by atoms with Gasteiger partial charge in [-0.25, -0.2) is 22.5 Å². The Labute approximate surface area is 173 Å². The molecule has 0 aliphatic carbocycles. The monoisotopic (exact) mass is 468 g/mol. The summed E-state index contributed by atoms with van der Waals surface area (Å²) in [6.07, 6.45) is 0.297. The molecule has 150 valence electrons. The number of amidine groups is 1. The fraction of sp³-hybridized carbons (Fsp3) is 0.350. The molecule has 1 N–H and O–H groups in total. The molecule has 2 atom stereocenters. The smallest absolute Gasteiger partial charge is 0.299 e. The molecule has 5 nitrogen and oxygen atoms in total. The Morgan fingerprint density at radius 2 is 1.86 bits per heavy atom. The van der Waals surface area contributed by atoms with Crippen LogP contribution >= 0.6 is 15.9 Å². The van der Waals surface area contributed by atoms with E-state index in [4.69, 9.17) is 4.74 Å². The van der Waals surface area contributed by atoms with Crippen molar-refractivity contribution in [3.8, 4) is 0 Å². The molecule has 2 aromatic rings. The maximum absolute atomic E-state index is 14.0. The Balaban J connectivity index is 1.85. The number of halogens is 2. The first-order valence-corrected chi connectivity index (χ1v) is 11.2. The van der Waals surface area contributed by atoms with Crippen LogP contribution < -0.4 is 4.72 Å². The van der Waals surface area contributed by atoms with E-state index in [0.717, 1.165) is 10.0 Å². The third-order valence-corrected chi connectivity index (χ3v) is 7.21. The molecule has 0 bridgehead atoms. The van der Waals surface area contributed by atoms with E-state index < -0.39 is 32.7 Å². The topological polar surface area (TPSA) is 67.8 Å². The molecule has 1 aliphatic heterocycles. The number of sulfonamides is 1. The Hall–Kier alpha value is -1.93. The number of hydrogen-bond acceptors (Lipinski definition) is 4. The predicted octanol–water partition coefficient (Wildman–Crippen LogP) is 4.34. The van der Waals surface area contributed by atoms with Crippen LogP contribution in [0, 0.1) is 5.82 Å². The second-order valence-corrected chi connectivity index (χ2v) is 10.1. The first kappa shape index (κ1) is 20.8. The fourth-order valence-corrected chi connectivity index (χ4v) is 5.16. The summed E-state index contributed by atoms with van der Waals surface area (Å²) in [6, 6.07) is 13.0. The van der Waals surface area contributed by atoms with Gasteiger partial charge in [0.05, 0.1) is 6.04 Å². The van der Waals surface area contributed by atoms with Gasteiger partial charge in [-0.3, -0.25) is 0 Å². The van der Waals surface area contributed by atoms with E-state index >= 15 is 0 Å². The molecule has 0 saturated carbocycles. The van der Waals surface area contributed by atoms with Gasteiger partial charge in [-0.2, -0.15) is 0 Å². The van der Waals surface area contributed by atoms with E-state index in [2.05, 4.69) is 25.6 Å². The summed E-state index contributed by atoms with van der Waals surface area (Å²) in [5.74, 6) is -0.398. The summed E-state index contributed by atoms with van der Waals surface area (Å²) in [6.45, 7) is 5.13. The molecule has 8 heteroatoms. The molecule has 2 aromatic carbocycles. The van der Waals surface area contributed by atoms with E-state index in [-0.39, 0.29) is 6.02 Å². The number of hydrogen-bond donors (Lipinski definition) is 1. The van der Waals surface area contributed by atoms with E-state index in [1.807, 2.05) is 24.3 Å². The molecule has 1 heterocycles. The average molecular weight is 469 g/mol. The molecule has 1 fully saturated rings. The molecular formula is C20H22BrFN2O3S. The van der Waals surface area contributed by atoms with Crippen LogP contribution in [0.5, 0.6) is 0 Å². The summed E-state index contributed by atoms with van der Waals surface area (Å²) in [7, 11) is -3.74. The summed E-state index contributed by atoms with van der Waals surface area (Å²) in [5, 5.41) is -0.802. The van der Waals surface area contributed by atoms with Gasteiger partial charge in [0, 0.05) is 10.0 Å². The maximum Gasteiger partial charge on any atom is 0.299 e. The minimum atomic E-state index is -3.74. The summed E-state index contributed by atoms with van der Waals surface area (Å²) < 4.78 is 49.0. The van der Waals surface area contributed by atoms with E-state index in [9.17, 15) is 12.8 Å². The Kier molecular flexibility index (Phi) is 5.82. The van der Waals surface area contributed by atoms with Gasteiger partial charge in [0.25, 0.3) is 6.02 Å². The summed E-state index contributed by atoms with van der Waals surface area (Å²) in [5.41, 5.74) is 0.244. The van der Waals surface area contributed by atoms with Gasteiger partial charge in [-0.15, -0.1) is 0 Å². The van der Waals surface area contributed by atoms with Crippen LogP contribution in [0.2, 0.25) is 0 Å². The lowest BCUT2D eigenvalue weighted by atomic mass is 9.97. The Morgan fingerprint density at radius 3 is 2.46 bits per heavy atom. The Morgan fingerprint density at radius 1 is 1.21 bits per heavy atom. The third-order valence-electron chi connectivity index (χ3n) is 4.74. The molecule has 0 amide bonds.